The Labute approximate surface area is 150 Å². The maximum Gasteiger partial charge on any atom is 0.306 e. The number of hydrogen-bond donors (Lipinski definition) is 1. The van der Waals surface area contributed by atoms with Gasteiger partial charge in [-0.25, -0.2) is 0 Å². The quantitative estimate of drug-likeness (QED) is 0.799. The van der Waals surface area contributed by atoms with Gasteiger partial charge in [0, 0.05) is 5.92 Å². The molecule has 0 saturated carbocycles. The van der Waals surface area contributed by atoms with Crippen LogP contribution < -0.4 is 9.47 Å². The minimum absolute atomic E-state index is 0.0663. The van der Waals surface area contributed by atoms with Gasteiger partial charge >= 0.3 is 5.97 Å². The minimum Gasteiger partial charge on any atom is -0.493 e. The lowest BCUT2D eigenvalue weighted by molar-refractivity contribution is -0.142. The summed E-state index contributed by atoms with van der Waals surface area (Å²) >= 11 is 3.68. The Bertz CT molecular complexity index is 601. The molecule has 0 aliphatic carbocycles. The van der Waals surface area contributed by atoms with Crippen LogP contribution in [-0.4, -0.2) is 49.5 Å². The molecule has 24 heavy (non-hydrogen) atoms. The van der Waals surface area contributed by atoms with Gasteiger partial charge < -0.3 is 19.3 Å². The topological polar surface area (TPSA) is 65.0 Å². The average Bonchev–Trinajstić information content (AvgIpc) is 3.03. The molecule has 1 aromatic carbocycles. The smallest absolute Gasteiger partial charge is 0.306 e. The molecule has 0 bridgehead atoms. The number of aliphatic hydroxyl groups is 1. The van der Waals surface area contributed by atoms with Gasteiger partial charge in [-0.3, -0.25) is 4.79 Å². The van der Waals surface area contributed by atoms with Crippen LogP contribution in [0.4, 0.5) is 0 Å². The second kappa shape index (κ2) is 7.45. The summed E-state index contributed by atoms with van der Waals surface area (Å²) in [7, 11) is 3.23. The lowest BCUT2D eigenvalue weighted by Gasteiger charge is -2.42. The van der Waals surface area contributed by atoms with E-state index < -0.39 is 6.10 Å². The fourth-order valence-corrected chi connectivity index (χ4v) is 7.04. The molecule has 2 atom stereocenters. The Morgan fingerprint density at radius 2 is 1.96 bits per heavy atom. The number of hydrogen-bond acceptors (Lipinski definition) is 7. The first kappa shape index (κ1) is 17.8. The third-order valence-electron chi connectivity index (χ3n) is 4.49. The van der Waals surface area contributed by atoms with Crippen molar-refractivity contribution in [1.29, 1.82) is 0 Å². The van der Waals surface area contributed by atoms with Gasteiger partial charge in [0.25, 0.3) is 0 Å². The highest BCUT2D eigenvalue weighted by atomic mass is 32.2. The molecule has 3 rings (SSSR count). The van der Waals surface area contributed by atoms with Gasteiger partial charge in [-0.05, 0) is 35.6 Å². The van der Waals surface area contributed by atoms with E-state index in [0.29, 0.717) is 17.9 Å². The van der Waals surface area contributed by atoms with E-state index >= 15 is 0 Å². The number of benzene rings is 1. The highest BCUT2D eigenvalue weighted by Crippen LogP contribution is 2.59. The van der Waals surface area contributed by atoms with Gasteiger partial charge in [0.1, 0.15) is 6.10 Å². The molecule has 1 unspecified atom stereocenters. The number of ether oxygens (including phenoxy) is 3. The Morgan fingerprint density at radius 1 is 1.25 bits per heavy atom. The molecule has 0 radical (unpaired) electrons. The molecule has 0 amide bonds. The molecule has 2 aliphatic rings. The van der Waals surface area contributed by atoms with Crippen molar-refractivity contribution in [3.63, 3.8) is 0 Å². The Kier molecular flexibility index (Phi) is 5.52. The van der Waals surface area contributed by atoms with Gasteiger partial charge in [-0.1, -0.05) is 6.07 Å². The fraction of sp³-hybridized carbons (Fsp3) is 0.588. The van der Waals surface area contributed by atoms with Crippen molar-refractivity contribution >= 4 is 29.5 Å². The number of thioether (sulfide) groups is 2. The highest BCUT2D eigenvalue weighted by Gasteiger charge is 2.52. The number of carbonyl (C=O) groups is 1. The zero-order chi connectivity index (χ0) is 17.2. The molecule has 2 aliphatic heterocycles. The van der Waals surface area contributed by atoms with Crippen molar-refractivity contribution < 1.29 is 24.1 Å². The molecule has 132 valence electrons. The van der Waals surface area contributed by atoms with Crippen LogP contribution in [0.3, 0.4) is 0 Å². The monoisotopic (exact) mass is 370 g/mol. The summed E-state index contributed by atoms with van der Waals surface area (Å²) in [4.78, 5) is 11.9. The van der Waals surface area contributed by atoms with E-state index in [0.717, 1.165) is 23.5 Å². The van der Waals surface area contributed by atoms with Gasteiger partial charge in [0.05, 0.1) is 31.3 Å². The first-order valence-corrected chi connectivity index (χ1v) is 9.92. The number of carbonyl (C=O) groups excluding carboxylic acids is 1. The lowest BCUT2D eigenvalue weighted by atomic mass is 9.91. The predicted molar refractivity (Wildman–Crippen MR) is 95.8 cm³/mol. The molecule has 2 heterocycles. The third-order valence-corrected chi connectivity index (χ3v) is 8.12. The van der Waals surface area contributed by atoms with Crippen LogP contribution in [0.15, 0.2) is 18.2 Å². The van der Waals surface area contributed by atoms with Crippen molar-refractivity contribution in [3.05, 3.63) is 23.8 Å². The second-order valence-electron chi connectivity index (χ2n) is 5.81. The number of methoxy groups -OCH3 is 2. The Hall–Kier alpha value is -1.05. The van der Waals surface area contributed by atoms with E-state index in [1.54, 1.807) is 14.2 Å². The maximum absolute atomic E-state index is 11.9. The van der Waals surface area contributed by atoms with Gasteiger partial charge in [0.15, 0.2) is 11.5 Å². The van der Waals surface area contributed by atoms with Crippen molar-refractivity contribution in [2.75, 3.05) is 32.3 Å². The number of esters is 1. The standard InChI is InChI=1S/C17H22O5S2/c1-20-13-5-4-11(8-14(13)21-2)17(23-6-3-7-24-17)12-9-16(19)22-15(12)10-18/h4-5,8,12,15,18H,3,6-7,9-10H2,1-2H3/t12?,15-/m1/s1. The van der Waals surface area contributed by atoms with Crippen LogP contribution in [0.25, 0.3) is 0 Å². The summed E-state index contributed by atoms with van der Waals surface area (Å²) in [6.45, 7) is -0.146. The van der Waals surface area contributed by atoms with Crippen LogP contribution in [0.2, 0.25) is 0 Å². The van der Waals surface area contributed by atoms with Crippen molar-refractivity contribution in [1.82, 2.24) is 0 Å². The van der Waals surface area contributed by atoms with E-state index in [2.05, 4.69) is 0 Å². The minimum atomic E-state index is -0.455. The molecule has 2 fully saturated rings. The lowest BCUT2D eigenvalue weighted by Crippen LogP contribution is -2.38. The molecule has 1 aromatic rings. The fourth-order valence-electron chi connectivity index (χ4n) is 3.35. The summed E-state index contributed by atoms with van der Waals surface area (Å²) < 4.78 is 15.8. The van der Waals surface area contributed by atoms with E-state index in [1.807, 2.05) is 41.7 Å². The summed E-state index contributed by atoms with van der Waals surface area (Å²) in [5.41, 5.74) is 1.08. The zero-order valence-electron chi connectivity index (χ0n) is 13.8. The zero-order valence-corrected chi connectivity index (χ0v) is 15.5. The third kappa shape index (κ3) is 3.09. The van der Waals surface area contributed by atoms with E-state index in [9.17, 15) is 9.90 Å². The van der Waals surface area contributed by atoms with Gasteiger partial charge in [-0.2, -0.15) is 0 Å². The summed E-state index contributed by atoms with van der Waals surface area (Å²) in [5.74, 6) is 3.09. The first-order valence-electron chi connectivity index (χ1n) is 7.95. The summed E-state index contributed by atoms with van der Waals surface area (Å²) in [6, 6.07) is 5.92. The molecule has 0 spiro atoms. The molecule has 5 nitrogen and oxygen atoms in total. The molecule has 2 saturated heterocycles. The largest absolute Gasteiger partial charge is 0.493 e. The summed E-state index contributed by atoms with van der Waals surface area (Å²) in [6.07, 6.45) is 1.01. The van der Waals surface area contributed by atoms with Gasteiger partial charge in [0.2, 0.25) is 0 Å². The normalized spacial score (nSPS) is 26.0. The Morgan fingerprint density at radius 3 is 2.58 bits per heavy atom. The first-order chi connectivity index (χ1) is 11.6. The summed E-state index contributed by atoms with van der Waals surface area (Å²) in [5, 5.41) is 9.69. The number of cyclic esters (lactones) is 1. The van der Waals surface area contributed by atoms with Crippen LogP contribution >= 0.6 is 23.5 Å². The maximum atomic E-state index is 11.9. The predicted octanol–water partition coefficient (Wildman–Crippen LogP) is 2.65. The van der Waals surface area contributed by atoms with Crippen LogP contribution in [0.1, 0.15) is 18.4 Å². The van der Waals surface area contributed by atoms with Crippen LogP contribution in [-0.2, 0) is 13.6 Å². The molecule has 0 aromatic heterocycles. The van der Waals surface area contributed by atoms with E-state index in [-0.39, 0.29) is 22.6 Å². The Balaban J connectivity index is 2.04. The number of aliphatic hydroxyl groups excluding tert-OH is 1. The van der Waals surface area contributed by atoms with Crippen molar-refractivity contribution in [2.24, 2.45) is 5.92 Å². The van der Waals surface area contributed by atoms with Crippen LogP contribution in [0.5, 0.6) is 11.5 Å². The SMILES string of the molecule is COc1ccc(C2(C3CC(=O)O[C@@H]3CO)SCCCS2)cc1OC. The second-order valence-corrected chi connectivity index (χ2v) is 8.75. The average molecular weight is 370 g/mol. The van der Waals surface area contributed by atoms with Crippen molar-refractivity contribution in [3.8, 4) is 11.5 Å². The van der Waals surface area contributed by atoms with Crippen LogP contribution in [0, 0.1) is 5.92 Å². The number of rotatable bonds is 5. The van der Waals surface area contributed by atoms with Crippen molar-refractivity contribution in [2.45, 2.75) is 23.0 Å². The molecular formula is C17H22O5S2. The molecule has 1 N–H and O–H groups in total. The molecule has 7 heteroatoms. The highest BCUT2D eigenvalue weighted by molar-refractivity contribution is 8.18. The van der Waals surface area contributed by atoms with E-state index in [4.69, 9.17) is 14.2 Å². The molecular weight excluding hydrogens is 348 g/mol. The van der Waals surface area contributed by atoms with Gasteiger partial charge in [-0.15, -0.1) is 23.5 Å². The van der Waals surface area contributed by atoms with E-state index in [1.165, 1.54) is 0 Å².